The summed E-state index contributed by atoms with van der Waals surface area (Å²) in [5.41, 5.74) is 0. The van der Waals surface area contributed by atoms with E-state index in [0.29, 0.717) is 12.8 Å². The third kappa shape index (κ3) is 19.2. The van der Waals surface area contributed by atoms with Crippen molar-refractivity contribution in [2.75, 3.05) is 19.0 Å². The third-order valence-corrected chi connectivity index (χ3v) is 8.44. The third-order valence-electron chi connectivity index (χ3n) is 7.69. The average molecular weight is 655 g/mol. The number of hydrogen-bond acceptors (Lipinski definition) is 11. The number of carbonyl (C=O) groups is 2. The molecule has 1 fully saturated rings. The van der Waals surface area contributed by atoms with Gasteiger partial charge in [-0.1, -0.05) is 104 Å². The molecule has 1 aliphatic heterocycles. The molecule has 1 rings (SSSR count). The molecule has 1 saturated heterocycles. The Balaban J connectivity index is 2.61. The fourth-order valence-electron chi connectivity index (χ4n) is 5.03. The molecule has 0 aromatic carbocycles. The van der Waals surface area contributed by atoms with Crippen molar-refractivity contribution in [3.63, 3.8) is 0 Å². The monoisotopic (exact) mass is 654 g/mol. The smallest absolute Gasteiger partial charge is 0.306 e. The van der Waals surface area contributed by atoms with E-state index in [4.69, 9.17) is 23.5 Å². The van der Waals surface area contributed by atoms with Crippen molar-refractivity contribution in [2.24, 2.45) is 0 Å². The maximum Gasteiger partial charge on any atom is 0.306 e. The van der Waals surface area contributed by atoms with Gasteiger partial charge in [0.2, 0.25) is 0 Å². The Morgan fingerprint density at radius 2 is 1.16 bits per heavy atom. The molecule has 44 heavy (non-hydrogen) atoms. The van der Waals surface area contributed by atoms with Gasteiger partial charge in [0.05, 0.1) is 6.61 Å². The first-order valence-electron chi connectivity index (χ1n) is 16.6. The van der Waals surface area contributed by atoms with Gasteiger partial charge in [-0.3, -0.25) is 14.1 Å². The number of carbonyl (C=O) groups excluding carboxylic acids is 2. The van der Waals surface area contributed by atoms with Gasteiger partial charge in [0.15, 0.2) is 12.4 Å². The molecule has 0 bridgehead atoms. The minimum absolute atomic E-state index is 0.168. The van der Waals surface area contributed by atoms with E-state index in [9.17, 15) is 33.3 Å². The zero-order chi connectivity index (χ0) is 32.8. The molecule has 0 amide bonds. The first-order valence-corrected chi connectivity index (χ1v) is 18.2. The van der Waals surface area contributed by atoms with Crippen LogP contribution in [0.3, 0.4) is 0 Å². The number of unbranched alkanes of at least 4 members (excludes halogenated alkanes) is 14. The van der Waals surface area contributed by atoms with E-state index in [-0.39, 0.29) is 19.4 Å². The topological polar surface area (TPSA) is 186 Å². The lowest BCUT2D eigenvalue weighted by molar-refractivity contribution is -0.297. The van der Waals surface area contributed by atoms with E-state index in [0.717, 1.165) is 38.5 Å². The molecule has 0 aromatic rings. The fourth-order valence-corrected chi connectivity index (χ4v) is 5.72. The molecular weight excluding hydrogens is 596 g/mol. The molecule has 12 nitrogen and oxygen atoms in total. The van der Waals surface area contributed by atoms with E-state index in [2.05, 4.69) is 13.8 Å². The lowest BCUT2D eigenvalue weighted by atomic mass is 10.00. The van der Waals surface area contributed by atoms with Crippen molar-refractivity contribution in [1.82, 2.24) is 0 Å². The molecule has 13 heteroatoms. The lowest BCUT2D eigenvalue weighted by Gasteiger charge is -2.40. The predicted molar refractivity (Wildman–Crippen MR) is 164 cm³/mol. The highest BCUT2D eigenvalue weighted by Gasteiger charge is 2.46. The average Bonchev–Trinajstić information content (AvgIpc) is 2.97. The summed E-state index contributed by atoms with van der Waals surface area (Å²) in [6.07, 6.45) is 7.84. The summed E-state index contributed by atoms with van der Waals surface area (Å²) >= 11 is 0. The predicted octanol–water partition coefficient (Wildman–Crippen LogP) is 4.22. The van der Waals surface area contributed by atoms with Gasteiger partial charge in [-0.05, 0) is 12.8 Å². The molecule has 1 heterocycles. The Bertz CT molecular complexity index is 868. The Hall–Kier alpha value is -1.35. The van der Waals surface area contributed by atoms with E-state index < -0.39 is 71.2 Å². The van der Waals surface area contributed by atoms with Gasteiger partial charge in [0.1, 0.15) is 36.8 Å². The van der Waals surface area contributed by atoms with Crippen molar-refractivity contribution in [2.45, 2.75) is 166 Å². The summed E-state index contributed by atoms with van der Waals surface area (Å²) in [6, 6.07) is 0. The van der Waals surface area contributed by atoms with Crippen LogP contribution in [-0.2, 0) is 38.7 Å². The molecule has 6 atom stereocenters. The molecule has 0 spiro atoms. The Labute approximate surface area is 263 Å². The number of ether oxygens (including phenoxy) is 4. The van der Waals surface area contributed by atoms with Crippen molar-refractivity contribution in [3.8, 4) is 0 Å². The van der Waals surface area contributed by atoms with Crippen molar-refractivity contribution < 1.29 is 56.8 Å². The fraction of sp³-hybridized carbons (Fsp3) is 0.935. The molecule has 2 unspecified atom stereocenters. The van der Waals surface area contributed by atoms with Crippen LogP contribution in [0.15, 0.2) is 0 Å². The van der Waals surface area contributed by atoms with Crippen LogP contribution in [0.5, 0.6) is 0 Å². The highest BCUT2D eigenvalue weighted by molar-refractivity contribution is 7.85. The first kappa shape index (κ1) is 40.7. The summed E-state index contributed by atoms with van der Waals surface area (Å²) in [5, 5.41) is 30.5. The maximum absolute atomic E-state index is 12.6. The van der Waals surface area contributed by atoms with E-state index in [1.807, 2.05) is 0 Å². The van der Waals surface area contributed by atoms with Gasteiger partial charge in [-0.2, -0.15) is 8.42 Å². The van der Waals surface area contributed by atoms with E-state index >= 15 is 0 Å². The summed E-state index contributed by atoms with van der Waals surface area (Å²) in [6.45, 7) is 3.63. The van der Waals surface area contributed by atoms with Crippen LogP contribution in [0.2, 0.25) is 0 Å². The van der Waals surface area contributed by atoms with Crippen LogP contribution in [0, 0.1) is 0 Å². The van der Waals surface area contributed by atoms with Crippen LogP contribution in [0.1, 0.15) is 129 Å². The molecule has 0 radical (unpaired) electrons. The molecule has 4 N–H and O–H groups in total. The zero-order valence-electron chi connectivity index (χ0n) is 26.8. The SMILES string of the molecule is CCCCCCCCCCC(=O)OC[C@H](CO[C@H]1O[C@H](CS(=O)(=O)O)[C@@H](O)C(O)C1O)OC(=O)CCCCCCCCCC. The quantitative estimate of drug-likeness (QED) is 0.0592. The standard InChI is InChI=1S/C31H58O12S/c1-3-5-7-9-11-13-15-17-19-26(32)40-21-24(42-27(33)20-18-16-14-12-10-8-6-4-2)22-41-31-30(36)29(35)28(34)25(43-31)23-44(37,38)39/h24-25,28-31,34-36H,3-23H2,1-2H3,(H,37,38,39)/t24-,25-,28-,29?,30?,31+/m1/s1. The highest BCUT2D eigenvalue weighted by atomic mass is 32.2. The number of aliphatic hydroxyl groups is 3. The molecular formula is C31H58O12S. The van der Waals surface area contributed by atoms with Crippen LogP contribution < -0.4 is 0 Å². The lowest BCUT2D eigenvalue weighted by Crippen LogP contribution is -2.60. The Morgan fingerprint density at radius 3 is 1.66 bits per heavy atom. The maximum atomic E-state index is 12.6. The minimum Gasteiger partial charge on any atom is -0.462 e. The van der Waals surface area contributed by atoms with Gasteiger partial charge < -0.3 is 34.3 Å². The molecule has 0 aliphatic carbocycles. The van der Waals surface area contributed by atoms with Crippen molar-refractivity contribution in [3.05, 3.63) is 0 Å². The van der Waals surface area contributed by atoms with Crippen molar-refractivity contribution >= 4 is 22.1 Å². The van der Waals surface area contributed by atoms with Gasteiger partial charge in [0.25, 0.3) is 10.1 Å². The van der Waals surface area contributed by atoms with Crippen LogP contribution in [0.25, 0.3) is 0 Å². The summed E-state index contributed by atoms with van der Waals surface area (Å²) in [4.78, 5) is 24.9. The Kier molecular flexibility index (Phi) is 22.1. The molecule has 260 valence electrons. The second-order valence-electron chi connectivity index (χ2n) is 11.8. The summed E-state index contributed by atoms with van der Waals surface area (Å²) in [7, 11) is -4.58. The van der Waals surface area contributed by atoms with E-state index in [1.165, 1.54) is 51.4 Å². The van der Waals surface area contributed by atoms with Crippen LogP contribution in [-0.4, -0.2) is 96.0 Å². The normalized spacial score (nSPS) is 22.9. The minimum atomic E-state index is -4.58. The van der Waals surface area contributed by atoms with Gasteiger partial charge >= 0.3 is 11.9 Å². The van der Waals surface area contributed by atoms with Crippen molar-refractivity contribution in [1.29, 1.82) is 0 Å². The second kappa shape index (κ2) is 23.9. The summed E-state index contributed by atoms with van der Waals surface area (Å²) < 4.78 is 53.4. The molecule has 0 aromatic heterocycles. The van der Waals surface area contributed by atoms with E-state index in [1.54, 1.807) is 0 Å². The first-order chi connectivity index (χ1) is 21.0. The number of aliphatic hydroxyl groups excluding tert-OH is 3. The molecule has 0 saturated carbocycles. The second-order valence-corrected chi connectivity index (χ2v) is 13.3. The summed E-state index contributed by atoms with van der Waals surface area (Å²) in [5.74, 6) is -1.99. The number of rotatable bonds is 26. The van der Waals surface area contributed by atoms with Crippen LogP contribution in [0.4, 0.5) is 0 Å². The van der Waals surface area contributed by atoms with Crippen LogP contribution >= 0.6 is 0 Å². The zero-order valence-corrected chi connectivity index (χ0v) is 27.6. The highest BCUT2D eigenvalue weighted by Crippen LogP contribution is 2.24. The number of hydrogen-bond donors (Lipinski definition) is 4. The molecule has 1 aliphatic rings. The van der Waals surface area contributed by atoms with Gasteiger partial charge in [-0.15, -0.1) is 0 Å². The largest absolute Gasteiger partial charge is 0.462 e. The Morgan fingerprint density at radius 1 is 0.682 bits per heavy atom. The number of esters is 2. The van der Waals surface area contributed by atoms with Gasteiger partial charge in [0, 0.05) is 12.8 Å². The van der Waals surface area contributed by atoms with Gasteiger partial charge in [-0.25, -0.2) is 0 Å².